The Morgan fingerprint density at radius 2 is 1.48 bits per heavy atom. The molecule has 8 heteroatoms. The van der Waals surface area contributed by atoms with Crippen molar-refractivity contribution in [1.82, 2.24) is 14.8 Å². The van der Waals surface area contributed by atoms with Gasteiger partial charge in [-0.2, -0.15) is 0 Å². The molecule has 3 aromatic carbocycles. The van der Waals surface area contributed by atoms with Gasteiger partial charge in [0.1, 0.15) is 0 Å². The first-order chi connectivity index (χ1) is 14.0. The minimum absolute atomic E-state index is 0.0184. The van der Waals surface area contributed by atoms with Gasteiger partial charge >= 0.3 is 0 Å². The third-order valence-electron chi connectivity index (χ3n) is 4.07. The SMILES string of the molecule is O=C(Nc1ccc(Cl)cc1)c1nc(-c2cccc(Cl)c2)n(-c2ccc(Cl)cc2)n1. The fourth-order valence-electron chi connectivity index (χ4n) is 2.71. The van der Waals surface area contributed by atoms with Crippen LogP contribution in [0.4, 0.5) is 5.69 Å². The van der Waals surface area contributed by atoms with Crippen LogP contribution in [0.5, 0.6) is 0 Å². The average molecular weight is 444 g/mol. The van der Waals surface area contributed by atoms with Crippen molar-refractivity contribution in [1.29, 1.82) is 0 Å². The van der Waals surface area contributed by atoms with Crippen molar-refractivity contribution in [2.45, 2.75) is 0 Å². The minimum Gasteiger partial charge on any atom is -0.319 e. The van der Waals surface area contributed by atoms with E-state index in [-0.39, 0.29) is 5.82 Å². The van der Waals surface area contributed by atoms with Crippen LogP contribution < -0.4 is 5.32 Å². The normalized spacial score (nSPS) is 10.7. The van der Waals surface area contributed by atoms with E-state index in [0.717, 1.165) is 5.56 Å². The molecule has 0 saturated heterocycles. The van der Waals surface area contributed by atoms with Crippen molar-refractivity contribution in [3.63, 3.8) is 0 Å². The lowest BCUT2D eigenvalue weighted by atomic mass is 10.2. The van der Waals surface area contributed by atoms with Gasteiger partial charge in [-0.05, 0) is 60.7 Å². The van der Waals surface area contributed by atoms with Gasteiger partial charge < -0.3 is 5.32 Å². The molecule has 0 spiro atoms. The summed E-state index contributed by atoms with van der Waals surface area (Å²) in [6, 6.07) is 21.1. The average Bonchev–Trinajstić information content (AvgIpc) is 3.16. The van der Waals surface area contributed by atoms with Gasteiger partial charge in [-0.1, -0.05) is 46.9 Å². The van der Waals surface area contributed by atoms with E-state index in [4.69, 9.17) is 34.8 Å². The van der Waals surface area contributed by atoms with E-state index in [2.05, 4.69) is 15.4 Å². The molecule has 0 aliphatic carbocycles. The van der Waals surface area contributed by atoms with E-state index >= 15 is 0 Å². The Balaban J connectivity index is 1.75. The third kappa shape index (κ3) is 4.43. The molecule has 0 saturated carbocycles. The fourth-order valence-corrected chi connectivity index (χ4v) is 3.15. The number of aromatic nitrogens is 3. The van der Waals surface area contributed by atoms with Crippen molar-refractivity contribution < 1.29 is 4.79 Å². The summed E-state index contributed by atoms with van der Waals surface area (Å²) < 4.78 is 1.58. The molecule has 1 aromatic heterocycles. The van der Waals surface area contributed by atoms with E-state index in [1.54, 1.807) is 65.3 Å². The number of nitrogens with zero attached hydrogens (tertiary/aromatic N) is 3. The summed E-state index contributed by atoms with van der Waals surface area (Å²) in [7, 11) is 0. The van der Waals surface area contributed by atoms with Gasteiger partial charge in [0.05, 0.1) is 5.69 Å². The van der Waals surface area contributed by atoms with Crippen LogP contribution in [-0.4, -0.2) is 20.7 Å². The van der Waals surface area contributed by atoms with Gasteiger partial charge in [0.25, 0.3) is 5.91 Å². The molecule has 0 radical (unpaired) electrons. The monoisotopic (exact) mass is 442 g/mol. The van der Waals surface area contributed by atoms with Gasteiger partial charge in [0.2, 0.25) is 5.82 Å². The second kappa shape index (κ2) is 8.25. The predicted octanol–water partition coefficient (Wildman–Crippen LogP) is 6.15. The van der Waals surface area contributed by atoms with Gasteiger partial charge in [-0.3, -0.25) is 4.79 Å². The van der Waals surface area contributed by atoms with Crippen LogP contribution in [0.25, 0.3) is 17.1 Å². The smallest absolute Gasteiger partial charge is 0.295 e. The van der Waals surface area contributed by atoms with Gasteiger partial charge in [0.15, 0.2) is 5.82 Å². The van der Waals surface area contributed by atoms with Crippen LogP contribution in [0, 0.1) is 0 Å². The first-order valence-corrected chi connectivity index (χ1v) is 9.69. The highest BCUT2D eigenvalue weighted by atomic mass is 35.5. The first kappa shape index (κ1) is 19.5. The Bertz CT molecular complexity index is 1170. The number of rotatable bonds is 4. The summed E-state index contributed by atoms with van der Waals surface area (Å²) in [6.07, 6.45) is 0. The van der Waals surface area contributed by atoms with Crippen molar-refractivity contribution >= 4 is 46.4 Å². The van der Waals surface area contributed by atoms with Crippen molar-refractivity contribution in [2.24, 2.45) is 0 Å². The molecule has 1 amide bonds. The summed E-state index contributed by atoms with van der Waals surface area (Å²) in [5.41, 5.74) is 2.03. The molecule has 0 fully saturated rings. The molecule has 1 heterocycles. The standard InChI is InChI=1S/C21H13Cl3N4O/c22-14-4-8-17(9-5-14)25-21(29)19-26-20(13-2-1-3-16(24)12-13)28(27-19)18-10-6-15(23)7-11-18/h1-12H,(H,25,29). The Kier molecular flexibility index (Phi) is 5.53. The zero-order valence-corrected chi connectivity index (χ0v) is 17.1. The highest BCUT2D eigenvalue weighted by Crippen LogP contribution is 2.25. The highest BCUT2D eigenvalue weighted by Gasteiger charge is 2.19. The molecule has 0 aliphatic heterocycles. The number of hydrogen-bond acceptors (Lipinski definition) is 3. The Hall–Kier alpha value is -2.86. The summed E-state index contributed by atoms with van der Waals surface area (Å²) >= 11 is 18.0. The molecule has 29 heavy (non-hydrogen) atoms. The third-order valence-corrected chi connectivity index (χ3v) is 4.81. The Morgan fingerprint density at radius 3 is 2.14 bits per heavy atom. The zero-order valence-electron chi connectivity index (χ0n) is 14.8. The van der Waals surface area contributed by atoms with Crippen LogP contribution in [0.3, 0.4) is 0 Å². The number of amides is 1. The largest absolute Gasteiger partial charge is 0.319 e. The van der Waals surface area contributed by atoms with Crippen LogP contribution >= 0.6 is 34.8 Å². The zero-order chi connectivity index (χ0) is 20.4. The van der Waals surface area contributed by atoms with Crippen LogP contribution in [-0.2, 0) is 0 Å². The summed E-state index contributed by atoms with van der Waals surface area (Å²) in [5.74, 6) is 0.0595. The summed E-state index contributed by atoms with van der Waals surface area (Å²) in [5, 5.41) is 8.91. The maximum absolute atomic E-state index is 12.7. The Morgan fingerprint density at radius 1 is 0.828 bits per heavy atom. The number of anilines is 1. The first-order valence-electron chi connectivity index (χ1n) is 8.55. The molecular weight excluding hydrogens is 431 g/mol. The molecule has 144 valence electrons. The second-order valence-corrected chi connectivity index (χ2v) is 7.43. The summed E-state index contributed by atoms with van der Waals surface area (Å²) in [6.45, 7) is 0. The topological polar surface area (TPSA) is 59.8 Å². The van der Waals surface area contributed by atoms with Crippen LogP contribution in [0.2, 0.25) is 15.1 Å². The molecule has 0 aliphatic rings. The number of nitrogens with one attached hydrogen (secondary N) is 1. The molecule has 0 atom stereocenters. The maximum Gasteiger partial charge on any atom is 0.295 e. The minimum atomic E-state index is -0.441. The van der Waals surface area contributed by atoms with Crippen LogP contribution in [0.1, 0.15) is 10.6 Å². The predicted molar refractivity (Wildman–Crippen MR) is 116 cm³/mol. The molecule has 5 nitrogen and oxygen atoms in total. The van der Waals surface area contributed by atoms with Crippen molar-refractivity contribution in [3.8, 4) is 17.1 Å². The van der Waals surface area contributed by atoms with E-state index in [9.17, 15) is 4.79 Å². The molecule has 0 unspecified atom stereocenters. The Labute approximate surface area is 181 Å². The number of halogens is 3. The van der Waals surface area contributed by atoms with Crippen molar-refractivity contribution in [3.05, 3.63) is 93.7 Å². The molecule has 4 rings (SSSR count). The quantitative estimate of drug-likeness (QED) is 0.412. The fraction of sp³-hybridized carbons (Fsp3) is 0. The molecule has 4 aromatic rings. The van der Waals surface area contributed by atoms with Crippen molar-refractivity contribution in [2.75, 3.05) is 5.32 Å². The van der Waals surface area contributed by atoms with Gasteiger partial charge in [-0.25, -0.2) is 9.67 Å². The van der Waals surface area contributed by atoms with E-state index < -0.39 is 5.91 Å². The van der Waals surface area contributed by atoms with Gasteiger partial charge in [0, 0.05) is 26.3 Å². The number of benzene rings is 3. The lowest BCUT2D eigenvalue weighted by Crippen LogP contribution is -2.14. The number of carbonyl (C=O) groups excluding carboxylic acids is 1. The molecular formula is C21H13Cl3N4O. The van der Waals surface area contributed by atoms with Gasteiger partial charge in [-0.15, -0.1) is 5.10 Å². The summed E-state index contributed by atoms with van der Waals surface area (Å²) in [4.78, 5) is 17.2. The maximum atomic E-state index is 12.7. The van der Waals surface area contributed by atoms with E-state index in [0.29, 0.717) is 32.3 Å². The molecule has 1 N–H and O–H groups in total. The molecule has 0 bridgehead atoms. The van der Waals surface area contributed by atoms with E-state index in [1.807, 2.05) is 12.1 Å². The second-order valence-electron chi connectivity index (χ2n) is 6.12. The lowest BCUT2D eigenvalue weighted by Gasteiger charge is -2.06. The lowest BCUT2D eigenvalue weighted by molar-refractivity contribution is 0.101. The highest BCUT2D eigenvalue weighted by molar-refractivity contribution is 6.31. The number of carbonyl (C=O) groups is 1. The van der Waals surface area contributed by atoms with Crippen LogP contribution in [0.15, 0.2) is 72.8 Å². The van der Waals surface area contributed by atoms with E-state index in [1.165, 1.54) is 0 Å². The number of hydrogen-bond donors (Lipinski definition) is 1.